The third kappa shape index (κ3) is 16.3. The molecule has 0 bridgehead atoms. The summed E-state index contributed by atoms with van der Waals surface area (Å²) in [5.74, 6) is 0.158. The maximum Gasteiger partial charge on any atom is 0.415 e. The van der Waals surface area contributed by atoms with Crippen LogP contribution in [0.4, 0.5) is 21.0 Å². The molecule has 0 aliphatic rings. The van der Waals surface area contributed by atoms with Crippen molar-refractivity contribution in [1.82, 2.24) is 9.97 Å². The van der Waals surface area contributed by atoms with Crippen LogP contribution in [0.25, 0.3) is 6.08 Å². The molecule has 0 saturated carbocycles. The number of hydrogen-bond acceptors (Lipinski definition) is 15. The zero-order chi connectivity index (χ0) is 55.6. The van der Waals surface area contributed by atoms with E-state index in [1.165, 1.54) is 35.3 Å². The highest BCUT2D eigenvalue weighted by Gasteiger charge is 2.27. The average molecular weight is 1020 g/mol. The molecule has 76 heavy (non-hydrogen) atoms. The van der Waals surface area contributed by atoms with Gasteiger partial charge in [0.05, 0.1) is 66.7 Å². The quantitative estimate of drug-likeness (QED) is 0.0402. The van der Waals surface area contributed by atoms with Crippen molar-refractivity contribution in [2.45, 2.75) is 92.9 Å². The topological polar surface area (TPSA) is 242 Å². The Morgan fingerprint density at radius 2 is 0.974 bits per heavy atom. The van der Waals surface area contributed by atoms with Crippen molar-refractivity contribution in [2.24, 2.45) is 0 Å². The molecule has 6 rings (SSSR count). The molecule has 4 aromatic carbocycles. The number of nitriles is 4. The number of rotatable bonds is 15. The molecule has 2 heterocycles. The molecule has 0 aliphatic heterocycles. The highest BCUT2D eigenvalue weighted by atomic mass is 16.6. The molecule has 0 radical (unpaired) electrons. The van der Waals surface area contributed by atoms with Crippen LogP contribution in [-0.2, 0) is 45.3 Å². The number of nitrogens with zero attached hydrogens (tertiary/aromatic N) is 8. The number of carbonyl (C=O) groups excluding carboxylic acids is 4. The molecular weight excluding hydrogens is 965 g/mol. The summed E-state index contributed by atoms with van der Waals surface area (Å²) in [5.41, 5.74) is 6.30. The summed E-state index contributed by atoms with van der Waals surface area (Å²) in [7, 11) is 1.28. The molecule has 0 saturated heterocycles. The van der Waals surface area contributed by atoms with Crippen LogP contribution in [0.15, 0.2) is 116 Å². The predicted molar refractivity (Wildman–Crippen MR) is 283 cm³/mol. The molecule has 0 aliphatic carbocycles. The second-order valence-electron chi connectivity index (χ2n) is 18.9. The smallest absolute Gasteiger partial charge is 0.415 e. The summed E-state index contributed by atoms with van der Waals surface area (Å²) < 4.78 is 28.1. The van der Waals surface area contributed by atoms with Crippen molar-refractivity contribution in [3.05, 3.63) is 183 Å². The lowest BCUT2D eigenvalue weighted by Gasteiger charge is -2.28. The SMILES string of the molecule is COC(=O)/C=C/c1ncc(CN(C(=O)OC(C)(C)C)c2ccc(C#N)cc2)c(C)c1OCc1cccc(C#N)c1.Cc1c(CN(C(=O)OC(C)(C)C)c2ccc(C#N)cc2)cnc(C=O)c1OCc1cccc(C#N)c1. The third-order valence-corrected chi connectivity index (χ3v) is 10.9. The van der Waals surface area contributed by atoms with Crippen LogP contribution in [0.1, 0.15) is 113 Å². The van der Waals surface area contributed by atoms with Gasteiger partial charge in [0.2, 0.25) is 0 Å². The van der Waals surface area contributed by atoms with E-state index in [4.69, 9.17) is 34.2 Å². The van der Waals surface area contributed by atoms with Gasteiger partial charge in [0, 0.05) is 29.8 Å². The standard InChI is InChI=1S/C31H30N4O5.C28H26N4O4/c1-21-25(19-35(30(37)40-31(2,3)4)26-11-9-22(16-32)10-12-26)18-34-27(13-14-28(36)38-5)29(21)39-20-24-8-6-7-23(15-24)17-33;1-19-23(15-31-25(17-33)26(19)35-18-22-7-5-6-21(12-22)14-30)16-32(27(34)36-28(2,3)4)24-10-8-20(13-29)9-11-24/h6-15,18H,19-20H2,1-5H3;5-12,15,17H,16,18H2,1-4H3/b14-13+;. The Kier molecular flexibility index (Phi) is 19.7. The van der Waals surface area contributed by atoms with Gasteiger partial charge in [0.15, 0.2) is 12.0 Å². The number of ether oxygens (including phenoxy) is 5. The Labute approximate surface area is 442 Å². The zero-order valence-corrected chi connectivity index (χ0v) is 43.7. The molecule has 0 fully saturated rings. The second-order valence-corrected chi connectivity index (χ2v) is 18.9. The largest absolute Gasteiger partial charge is 0.486 e. The molecule has 2 aromatic heterocycles. The number of esters is 1. The van der Waals surface area contributed by atoms with Crippen LogP contribution in [-0.4, -0.2) is 52.7 Å². The van der Waals surface area contributed by atoms with Crippen molar-refractivity contribution >= 4 is 41.9 Å². The maximum atomic E-state index is 13.3. The molecule has 2 amide bonds. The molecule has 0 unspecified atom stereocenters. The van der Waals surface area contributed by atoms with Gasteiger partial charge in [-0.2, -0.15) is 21.0 Å². The summed E-state index contributed by atoms with van der Waals surface area (Å²) in [6.07, 6.45) is 5.36. The highest BCUT2D eigenvalue weighted by molar-refractivity contribution is 5.89. The van der Waals surface area contributed by atoms with Crippen LogP contribution < -0.4 is 19.3 Å². The summed E-state index contributed by atoms with van der Waals surface area (Å²) >= 11 is 0. The van der Waals surface area contributed by atoms with Crippen LogP contribution in [0.2, 0.25) is 0 Å². The first-order chi connectivity index (χ1) is 36.2. The Balaban J connectivity index is 0.000000282. The first kappa shape index (κ1) is 57.1. The van der Waals surface area contributed by atoms with E-state index in [1.54, 1.807) is 140 Å². The lowest BCUT2D eigenvalue weighted by atomic mass is 10.1. The van der Waals surface area contributed by atoms with E-state index in [0.29, 0.717) is 79.4 Å². The minimum atomic E-state index is -0.732. The van der Waals surface area contributed by atoms with Crippen LogP contribution in [0.5, 0.6) is 11.5 Å². The van der Waals surface area contributed by atoms with Crippen molar-refractivity contribution in [2.75, 3.05) is 16.9 Å². The summed E-state index contributed by atoms with van der Waals surface area (Å²) in [6, 6.07) is 35.6. The second kappa shape index (κ2) is 26.2. The highest BCUT2D eigenvalue weighted by Crippen LogP contribution is 2.32. The van der Waals surface area contributed by atoms with Gasteiger partial charge < -0.3 is 23.7 Å². The van der Waals surface area contributed by atoms with Gasteiger partial charge in [-0.25, -0.2) is 19.4 Å². The Morgan fingerprint density at radius 3 is 1.34 bits per heavy atom. The number of pyridine rings is 2. The minimum absolute atomic E-state index is 0.0963. The van der Waals surface area contributed by atoms with Gasteiger partial charge >= 0.3 is 18.2 Å². The number of hydrogen-bond donors (Lipinski definition) is 0. The van der Waals surface area contributed by atoms with Gasteiger partial charge in [0.1, 0.15) is 41.6 Å². The van der Waals surface area contributed by atoms with E-state index in [9.17, 15) is 29.7 Å². The third-order valence-electron chi connectivity index (χ3n) is 10.9. The zero-order valence-electron chi connectivity index (χ0n) is 43.7. The fourth-order valence-corrected chi connectivity index (χ4v) is 7.08. The van der Waals surface area contributed by atoms with Crippen LogP contribution in [0, 0.1) is 59.2 Å². The fraction of sp³-hybridized carbons (Fsp3) is 0.254. The molecule has 386 valence electrons. The van der Waals surface area contributed by atoms with Crippen LogP contribution >= 0.6 is 0 Å². The first-order valence-corrected chi connectivity index (χ1v) is 23.6. The van der Waals surface area contributed by atoms with E-state index in [0.717, 1.165) is 11.1 Å². The van der Waals surface area contributed by atoms with Gasteiger partial charge in [-0.1, -0.05) is 24.3 Å². The fourth-order valence-electron chi connectivity index (χ4n) is 7.08. The number of aromatic nitrogens is 2. The van der Waals surface area contributed by atoms with Crippen molar-refractivity contribution in [3.63, 3.8) is 0 Å². The molecule has 0 spiro atoms. The van der Waals surface area contributed by atoms with E-state index >= 15 is 0 Å². The van der Waals surface area contributed by atoms with Crippen LogP contribution in [0.3, 0.4) is 0 Å². The Morgan fingerprint density at radius 1 is 0.579 bits per heavy atom. The molecule has 0 atom stereocenters. The minimum Gasteiger partial charge on any atom is -0.486 e. The predicted octanol–water partition coefficient (Wildman–Crippen LogP) is 11.3. The molecular formula is C59H56N8O9. The van der Waals surface area contributed by atoms with Gasteiger partial charge in [-0.05, 0) is 168 Å². The van der Waals surface area contributed by atoms with E-state index in [2.05, 4.69) is 34.2 Å². The lowest BCUT2D eigenvalue weighted by molar-refractivity contribution is -0.134. The van der Waals surface area contributed by atoms with Gasteiger partial charge in [-0.15, -0.1) is 0 Å². The number of aldehydes is 1. The summed E-state index contributed by atoms with van der Waals surface area (Å²) in [6.45, 7) is 14.8. The van der Waals surface area contributed by atoms with Crippen molar-refractivity contribution in [1.29, 1.82) is 21.0 Å². The number of carbonyl (C=O) groups is 4. The Bertz CT molecular complexity index is 3280. The number of amides is 2. The van der Waals surface area contributed by atoms with Crippen molar-refractivity contribution in [3.8, 4) is 35.8 Å². The molecule has 6 aromatic rings. The van der Waals surface area contributed by atoms with Gasteiger partial charge in [0.25, 0.3) is 0 Å². The molecule has 0 N–H and O–H groups in total. The summed E-state index contributed by atoms with van der Waals surface area (Å²) in [5, 5.41) is 36.7. The monoisotopic (exact) mass is 1020 g/mol. The number of anilines is 2. The lowest BCUT2D eigenvalue weighted by Crippen LogP contribution is -2.36. The first-order valence-electron chi connectivity index (χ1n) is 23.6. The normalized spacial score (nSPS) is 10.8. The summed E-state index contributed by atoms with van der Waals surface area (Å²) in [4.78, 5) is 61.4. The van der Waals surface area contributed by atoms with Gasteiger partial charge in [-0.3, -0.25) is 19.6 Å². The molecule has 17 heteroatoms. The van der Waals surface area contributed by atoms with E-state index < -0.39 is 29.4 Å². The number of methoxy groups -OCH3 is 1. The number of benzene rings is 4. The Hall–Kier alpha value is -9.84. The molecule has 17 nitrogen and oxygen atoms in total. The van der Waals surface area contributed by atoms with E-state index in [1.807, 2.05) is 19.1 Å². The maximum absolute atomic E-state index is 13.3. The van der Waals surface area contributed by atoms with E-state index in [-0.39, 0.29) is 32.0 Å². The van der Waals surface area contributed by atoms with Crippen molar-refractivity contribution < 1.29 is 42.9 Å². The average Bonchev–Trinajstić information content (AvgIpc) is 3.40.